The Kier molecular flexibility index (Phi) is 3.28. The minimum absolute atomic E-state index is 0.631. The van der Waals surface area contributed by atoms with Gasteiger partial charge in [-0.1, -0.05) is 0 Å². The average Bonchev–Trinajstić information content (AvgIpc) is 2.38. The van der Waals surface area contributed by atoms with Crippen molar-refractivity contribution >= 4 is 11.4 Å². The molecule has 4 nitrogen and oxygen atoms in total. The number of anilines is 2. The van der Waals surface area contributed by atoms with Gasteiger partial charge in [-0.2, -0.15) is 0 Å². The largest absolute Gasteiger partial charge is 0.497 e. The van der Waals surface area contributed by atoms with Gasteiger partial charge in [0.15, 0.2) is 0 Å². The zero-order valence-corrected chi connectivity index (χ0v) is 10.4. The second-order valence-corrected chi connectivity index (χ2v) is 3.95. The average molecular weight is 244 g/mol. The highest BCUT2D eigenvalue weighted by Gasteiger charge is 2.07. The van der Waals surface area contributed by atoms with E-state index in [1.54, 1.807) is 20.3 Å². The van der Waals surface area contributed by atoms with Gasteiger partial charge in [0.2, 0.25) is 0 Å². The Morgan fingerprint density at radius 1 is 0.833 bits per heavy atom. The molecule has 0 bridgehead atoms. The van der Waals surface area contributed by atoms with Crippen LogP contribution in [0.4, 0.5) is 11.4 Å². The monoisotopic (exact) mass is 244 g/mol. The highest BCUT2D eigenvalue weighted by Crippen LogP contribution is 2.33. The van der Waals surface area contributed by atoms with Crippen molar-refractivity contribution < 1.29 is 9.47 Å². The van der Waals surface area contributed by atoms with E-state index in [9.17, 15) is 0 Å². The van der Waals surface area contributed by atoms with Crippen molar-refractivity contribution in [1.29, 1.82) is 0 Å². The first-order chi connectivity index (χ1) is 8.63. The summed E-state index contributed by atoms with van der Waals surface area (Å²) in [6.45, 7) is 0. The molecule has 0 spiro atoms. The molecule has 0 aliphatic heterocycles. The lowest BCUT2D eigenvalue weighted by Crippen LogP contribution is -1.94. The number of ether oxygens (including phenoxy) is 2. The lowest BCUT2D eigenvalue weighted by atomic mass is 10.0. The van der Waals surface area contributed by atoms with Crippen molar-refractivity contribution in [2.75, 3.05) is 25.7 Å². The number of methoxy groups -OCH3 is 2. The first kappa shape index (κ1) is 12.1. The van der Waals surface area contributed by atoms with Crippen LogP contribution >= 0.6 is 0 Å². The summed E-state index contributed by atoms with van der Waals surface area (Å²) in [5.74, 6) is 1.45. The van der Waals surface area contributed by atoms with Gasteiger partial charge in [-0.05, 0) is 35.9 Å². The molecular weight excluding hydrogens is 228 g/mol. The summed E-state index contributed by atoms with van der Waals surface area (Å²) >= 11 is 0. The fraction of sp³-hybridized carbons (Fsp3) is 0.143. The zero-order valence-electron chi connectivity index (χ0n) is 10.4. The standard InChI is InChI=1S/C14H16N2O2/c1-17-11-3-4-14(16)13(8-11)9-5-10(15)7-12(6-9)18-2/h3-8H,15-16H2,1-2H3. The Morgan fingerprint density at radius 3 is 2.22 bits per heavy atom. The SMILES string of the molecule is COc1cc(N)cc(-c2cc(OC)ccc2N)c1. The maximum absolute atomic E-state index is 5.98. The third-order valence-electron chi connectivity index (χ3n) is 2.74. The fourth-order valence-electron chi connectivity index (χ4n) is 1.81. The molecule has 2 aromatic rings. The highest BCUT2D eigenvalue weighted by atomic mass is 16.5. The van der Waals surface area contributed by atoms with Crippen molar-refractivity contribution in [2.45, 2.75) is 0 Å². The second kappa shape index (κ2) is 4.87. The van der Waals surface area contributed by atoms with Crippen LogP contribution in [0.1, 0.15) is 0 Å². The first-order valence-electron chi connectivity index (χ1n) is 5.52. The van der Waals surface area contributed by atoms with E-state index in [2.05, 4.69) is 0 Å². The normalized spacial score (nSPS) is 10.1. The lowest BCUT2D eigenvalue weighted by molar-refractivity contribution is 0.414. The van der Waals surface area contributed by atoms with Gasteiger partial charge in [0.05, 0.1) is 14.2 Å². The van der Waals surface area contributed by atoms with Gasteiger partial charge in [-0.3, -0.25) is 0 Å². The van der Waals surface area contributed by atoms with Gasteiger partial charge in [0.25, 0.3) is 0 Å². The number of nitrogens with two attached hydrogens (primary N) is 2. The van der Waals surface area contributed by atoms with Crippen molar-refractivity contribution in [1.82, 2.24) is 0 Å². The molecule has 4 heteroatoms. The number of hydrogen-bond acceptors (Lipinski definition) is 4. The Labute approximate surface area is 106 Å². The molecule has 0 unspecified atom stereocenters. The highest BCUT2D eigenvalue weighted by molar-refractivity contribution is 5.80. The second-order valence-electron chi connectivity index (χ2n) is 3.95. The van der Waals surface area contributed by atoms with Crippen molar-refractivity contribution in [2.24, 2.45) is 0 Å². The zero-order chi connectivity index (χ0) is 13.1. The molecule has 2 rings (SSSR count). The molecule has 4 N–H and O–H groups in total. The molecular formula is C14H16N2O2. The number of hydrogen-bond donors (Lipinski definition) is 2. The smallest absolute Gasteiger partial charge is 0.121 e. The minimum Gasteiger partial charge on any atom is -0.497 e. The quantitative estimate of drug-likeness (QED) is 0.814. The minimum atomic E-state index is 0.631. The number of rotatable bonds is 3. The predicted molar refractivity (Wildman–Crippen MR) is 73.8 cm³/mol. The third-order valence-corrected chi connectivity index (χ3v) is 2.74. The van der Waals surface area contributed by atoms with E-state index in [0.29, 0.717) is 17.1 Å². The van der Waals surface area contributed by atoms with Gasteiger partial charge in [0, 0.05) is 23.0 Å². The molecule has 0 saturated heterocycles. The lowest BCUT2D eigenvalue weighted by Gasteiger charge is -2.10. The molecule has 0 atom stereocenters. The molecule has 0 aromatic heterocycles. The van der Waals surface area contributed by atoms with Crippen molar-refractivity contribution in [3.63, 3.8) is 0 Å². The molecule has 2 aromatic carbocycles. The molecule has 0 aliphatic carbocycles. The van der Waals surface area contributed by atoms with Crippen molar-refractivity contribution in [3.05, 3.63) is 36.4 Å². The van der Waals surface area contributed by atoms with E-state index >= 15 is 0 Å². The van der Waals surface area contributed by atoms with Crippen LogP contribution in [0.15, 0.2) is 36.4 Å². The summed E-state index contributed by atoms with van der Waals surface area (Å²) < 4.78 is 10.4. The van der Waals surface area contributed by atoms with E-state index in [4.69, 9.17) is 20.9 Å². The number of nitrogen functional groups attached to an aromatic ring is 2. The van der Waals surface area contributed by atoms with Crippen LogP contribution in [-0.2, 0) is 0 Å². The van der Waals surface area contributed by atoms with Gasteiger partial charge >= 0.3 is 0 Å². The summed E-state index contributed by atoms with van der Waals surface area (Å²) in [7, 11) is 3.22. The first-order valence-corrected chi connectivity index (χ1v) is 5.52. The van der Waals surface area contributed by atoms with Crippen LogP contribution in [-0.4, -0.2) is 14.2 Å². The Morgan fingerprint density at radius 2 is 1.56 bits per heavy atom. The Bertz CT molecular complexity index is 568. The Hall–Kier alpha value is -2.36. The molecule has 18 heavy (non-hydrogen) atoms. The molecule has 0 amide bonds. The van der Waals surface area contributed by atoms with Crippen LogP contribution in [0.25, 0.3) is 11.1 Å². The van der Waals surface area contributed by atoms with Crippen LogP contribution in [0, 0.1) is 0 Å². The van der Waals surface area contributed by atoms with E-state index in [1.807, 2.05) is 30.3 Å². The summed E-state index contributed by atoms with van der Waals surface area (Å²) in [6, 6.07) is 11.0. The van der Waals surface area contributed by atoms with E-state index in [0.717, 1.165) is 16.9 Å². The molecule has 0 radical (unpaired) electrons. The topological polar surface area (TPSA) is 70.5 Å². The summed E-state index contributed by atoms with van der Waals surface area (Å²) in [5, 5.41) is 0. The molecule has 0 fully saturated rings. The van der Waals surface area contributed by atoms with Gasteiger partial charge in [0.1, 0.15) is 11.5 Å². The van der Waals surface area contributed by atoms with Gasteiger partial charge in [-0.25, -0.2) is 0 Å². The Balaban J connectivity index is 2.56. The van der Waals surface area contributed by atoms with Gasteiger partial charge in [-0.15, -0.1) is 0 Å². The van der Waals surface area contributed by atoms with E-state index in [1.165, 1.54) is 0 Å². The third kappa shape index (κ3) is 2.32. The van der Waals surface area contributed by atoms with E-state index < -0.39 is 0 Å². The maximum Gasteiger partial charge on any atom is 0.121 e. The molecule has 0 heterocycles. The number of benzene rings is 2. The summed E-state index contributed by atoms with van der Waals surface area (Å²) in [5.41, 5.74) is 14.9. The summed E-state index contributed by atoms with van der Waals surface area (Å²) in [4.78, 5) is 0. The van der Waals surface area contributed by atoms with Crippen LogP contribution in [0.3, 0.4) is 0 Å². The summed E-state index contributed by atoms with van der Waals surface area (Å²) in [6.07, 6.45) is 0. The molecule has 0 aliphatic rings. The van der Waals surface area contributed by atoms with Crippen LogP contribution in [0.5, 0.6) is 11.5 Å². The van der Waals surface area contributed by atoms with E-state index in [-0.39, 0.29) is 0 Å². The van der Waals surface area contributed by atoms with Crippen LogP contribution in [0.2, 0.25) is 0 Å². The van der Waals surface area contributed by atoms with Gasteiger partial charge < -0.3 is 20.9 Å². The molecule has 94 valence electrons. The molecule has 0 saturated carbocycles. The fourth-order valence-corrected chi connectivity index (χ4v) is 1.81. The van der Waals surface area contributed by atoms with Crippen LogP contribution < -0.4 is 20.9 Å². The van der Waals surface area contributed by atoms with Crippen molar-refractivity contribution in [3.8, 4) is 22.6 Å². The maximum atomic E-state index is 5.98. The predicted octanol–water partition coefficient (Wildman–Crippen LogP) is 2.54.